The number of nitrogens with one attached hydrogen (secondary N) is 2. The van der Waals surface area contributed by atoms with Gasteiger partial charge < -0.3 is 24.8 Å². The standard InChI is InChI=1S/C22H28N6O/c1-14-12-28(18-8-9-27(4)13-17(14)18)19-11-16(6-7-20(19)29-5)25-22-24-15(2)10-21(23-3)26-22/h6-7,10-12H,8-9,13H2,1-5H3,(H2,23,24,25,26). The summed E-state index contributed by atoms with van der Waals surface area (Å²) in [6.07, 6.45) is 3.24. The van der Waals surface area contributed by atoms with Gasteiger partial charge in [-0.25, -0.2) is 4.98 Å². The molecular weight excluding hydrogens is 364 g/mol. The van der Waals surface area contributed by atoms with Gasteiger partial charge in [0, 0.05) is 55.9 Å². The molecule has 0 unspecified atom stereocenters. The molecule has 0 saturated heterocycles. The first-order chi connectivity index (χ1) is 14.0. The van der Waals surface area contributed by atoms with Crippen LogP contribution >= 0.6 is 0 Å². The van der Waals surface area contributed by atoms with Crippen LogP contribution in [0.3, 0.4) is 0 Å². The minimum absolute atomic E-state index is 0.567. The highest BCUT2D eigenvalue weighted by molar-refractivity contribution is 5.64. The van der Waals surface area contributed by atoms with Gasteiger partial charge in [-0.3, -0.25) is 0 Å². The second kappa shape index (κ2) is 7.75. The zero-order valence-corrected chi connectivity index (χ0v) is 17.7. The lowest BCUT2D eigenvalue weighted by molar-refractivity contribution is 0.309. The van der Waals surface area contributed by atoms with Crippen LogP contribution in [0.4, 0.5) is 17.5 Å². The van der Waals surface area contributed by atoms with E-state index in [0.29, 0.717) is 5.95 Å². The molecule has 3 aromatic rings. The smallest absolute Gasteiger partial charge is 0.229 e. The summed E-state index contributed by atoms with van der Waals surface area (Å²) >= 11 is 0. The molecule has 7 nitrogen and oxygen atoms in total. The number of methoxy groups -OCH3 is 1. The average molecular weight is 393 g/mol. The molecule has 152 valence electrons. The molecule has 0 bridgehead atoms. The summed E-state index contributed by atoms with van der Waals surface area (Å²) in [6, 6.07) is 7.99. The lowest BCUT2D eigenvalue weighted by Gasteiger charge is -2.25. The number of aryl methyl sites for hydroxylation is 2. The maximum atomic E-state index is 5.68. The van der Waals surface area contributed by atoms with Crippen molar-refractivity contribution in [3.63, 3.8) is 0 Å². The Bertz CT molecular complexity index is 1040. The molecule has 1 aliphatic heterocycles. The van der Waals surface area contributed by atoms with Gasteiger partial charge >= 0.3 is 0 Å². The van der Waals surface area contributed by atoms with E-state index in [1.54, 1.807) is 7.11 Å². The minimum atomic E-state index is 0.567. The van der Waals surface area contributed by atoms with Gasteiger partial charge in [-0.2, -0.15) is 4.98 Å². The van der Waals surface area contributed by atoms with Gasteiger partial charge in [-0.1, -0.05) is 0 Å². The van der Waals surface area contributed by atoms with Crippen LogP contribution in [0.15, 0.2) is 30.5 Å². The molecule has 0 aliphatic carbocycles. The molecule has 0 fully saturated rings. The molecule has 7 heteroatoms. The summed E-state index contributed by atoms with van der Waals surface area (Å²) < 4.78 is 7.96. The lowest BCUT2D eigenvalue weighted by atomic mass is 10.1. The maximum absolute atomic E-state index is 5.68. The zero-order chi connectivity index (χ0) is 20.5. The normalized spacial score (nSPS) is 13.8. The highest BCUT2D eigenvalue weighted by Gasteiger charge is 2.22. The summed E-state index contributed by atoms with van der Waals surface area (Å²) in [7, 11) is 5.74. The van der Waals surface area contributed by atoms with Crippen LogP contribution in [0.5, 0.6) is 5.75 Å². The largest absolute Gasteiger partial charge is 0.495 e. The minimum Gasteiger partial charge on any atom is -0.495 e. The molecular formula is C22H28N6O. The molecule has 0 radical (unpaired) electrons. The average Bonchev–Trinajstić information content (AvgIpc) is 3.03. The molecule has 0 amide bonds. The molecule has 3 heterocycles. The Morgan fingerprint density at radius 3 is 2.72 bits per heavy atom. The fourth-order valence-corrected chi connectivity index (χ4v) is 3.91. The highest BCUT2D eigenvalue weighted by atomic mass is 16.5. The van der Waals surface area contributed by atoms with E-state index in [9.17, 15) is 0 Å². The van der Waals surface area contributed by atoms with Gasteiger partial charge in [0.25, 0.3) is 0 Å². The Morgan fingerprint density at radius 2 is 1.97 bits per heavy atom. The zero-order valence-electron chi connectivity index (χ0n) is 17.7. The highest BCUT2D eigenvalue weighted by Crippen LogP contribution is 2.33. The number of fused-ring (bicyclic) bond motifs is 1. The van der Waals surface area contributed by atoms with Crippen molar-refractivity contribution < 1.29 is 4.74 Å². The summed E-state index contributed by atoms with van der Waals surface area (Å²) in [6.45, 7) is 6.18. The van der Waals surface area contributed by atoms with Crippen molar-refractivity contribution >= 4 is 17.5 Å². The van der Waals surface area contributed by atoms with Crippen molar-refractivity contribution in [3.05, 3.63) is 53.0 Å². The second-order valence-corrected chi connectivity index (χ2v) is 7.57. The first-order valence-electron chi connectivity index (χ1n) is 9.85. The number of hydrogen-bond donors (Lipinski definition) is 2. The van der Waals surface area contributed by atoms with Gasteiger partial charge in [0.1, 0.15) is 11.6 Å². The van der Waals surface area contributed by atoms with E-state index >= 15 is 0 Å². The summed E-state index contributed by atoms with van der Waals surface area (Å²) in [4.78, 5) is 11.4. The Hall–Kier alpha value is -3.06. The Kier molecular flexibility index (Phi) is 5.15. The van der Waals surface area contributed by atoms with E-state index in [0.717, 1.165) is 48.1 Å². The molecule has 1 aliphatic rings. The third-order valence-electron chi connectivity index (χ3n) is 5.40. The number of nitrogens with zero attached hydrogens (tertiary/aromatic N) is 4. The molecule has 0 spiro atoms. The van der Waals surface area contributed by atoms with Crippen molar-refractivity contribution in [2.45, 2.75) is 26.8 Å². The fraction of sp³-hybridized carbons (Fsp3) is 0.364. The number of aromatic nitrogens is 3. The Labute approximate surface area is 171 Å². The van der Waals surface area contributed by atoms with Crippen LogP contribution in [0.2, 0.25) is 0 Å². The van der Waals surface area contributed by atoms with Crippen molar-refractivity contribution in [1.82, 2.24) is 19.4 Å². The summed E-state index contributed by atoms with van der Waals surface area (Å²) in [5.41, 5.74) is 6.93. The predicted molar refractivity (Wildman–Crippen MR) is 117 cm³/mol. The molecule has 4 rings (SSSR count). The Morgan fingerprint density at radius 1 is 1.14 bits per heavy atom. The van der Waals surface area contributed by atoms with E-state index in [1.807, 2.05) is 32.2 Å². The molecule has 2 aromatic heterocycles. The predicted octanol–water partition coefficient (Wildman–Crippen LogP) is 3.67. The van der Waals surface area contributed by atoms with Gasteiger partial charge in [0.15, 0.2) is 0 Å². The number of likely N-dealkylation sites (N-methyl/N-ethyl adjacent to an activating group) is 1. The third kappa shape index (κ3) is 3.78. The number of anilines is 3. The topological polar surface area (TPSA) is 67.2 Å². The van der Waals surface area contributed by atoms with Gasteiger partial charge in [0.2, 0.25) is 5.95 Å². The van der Waals surface area contributed by atoms with Gasteiger partial charge in [0.05, 0.1) is 12.8 Å². The first kappa shape index (κ1) is 19.3. The fourth-order valence-electron chi connectivity index (χ4n) is 3.91. The van der Waals surface area contributed by atoms with Crippen LogP contribution in [0, 0.1) is 13.8 Å². The van der Waals surface area contributed by atoms with Crippen LogP contribution in [0.25, 0.3) is 5.69 Å². The van der Waals surface area contributed by atoms with E-state index in [1.165, 1.54) is 16.8 Å². The second-order valence-electron chi connectivity index (χ2n) is 7.57. The summed E-state index contributed by atoms with van der Waals surface area (Å²) in [5.74, 6) is 2.19. The van der Waals surface area contributed by atoms with Crippen molar-refractivity contribution in [1.29, 1.82) is 0 Å². The van der Waals surface area contributed by atoms with Crippen LogP contribution in [-0.2, 0) is 13.0 Å². The van der Waals surface area contributed by atoms with Gasteiger partial charge in [-0.15, -0.1) is 0 Å². The summed E-state index contributed by atoms with van der Waals surface area (Å²) in [5, 5.41) is 6.41. The van der Waals surface area contributed by atoms with Crippen molar-refractivity contribution in [3.8, 4) is 11.4 Å². The van der Waals surface area contributed by atoms with E-state index in [4.69, 9.17) is 4.74 Å². The third-order valence-corrected chi connectivity index (χ3v) is 5.40. The van der Waals surface area contributed by atoms with Crippen LogP contribution in [0.1, 0.15) is 22.5 Å². The maximum Gasteiger partial charge on any atom is 0.229 e. The lowest BCUT2D eigenvalue weighted by Crippen LogP contribution is -2.27. The van der Waals surface area contributed by atoms with Gasteiger partial charge in [-0.05, 0) is 50.2 Å². The Balaban J connectivity index is 1.74. The quantitative estimate of drug-likeness (QED) is 0.691. The molecule has 0 saturated carbocycles. The van der Waals surface area contributed by atoms with E-state index < -0.39 is 0 Å². The number of hydrogen-bond acceptors (Lipinski definition) is 6. The molecule has 2 N–H and O–H groups in total. The van der Waals surface area contributed by atoms with Crippen molar-refractivity contribution in [2.75, 3.05) is 38.4 Å². The van der Waals surface area contributed by atoms with E-state index in [-0.39, 0.29) is 0 Å². The van der Waals surface area contributed by atoms with E-state index in [2.05, 4.69) is 56.3 Å². The van der Waals surface area contributed by atoms with Crippen molar-refractivity contribution in [2.24, 2.45) is 0 Å². The van der Waals surface area contributed by atoms with Crippen LogP contribution < -0.4 is 15.4 Å². The molecule has 1 aromatic carbocycles. The molecule has 0 atom stereocenters. The SMILES string of the molecule is CNc1cc(C)nc(Nc2ccc(OC)c(-n3cc(C)c4c3CCN(C)C4)c2)n1. The number of ether oxygens (including phenoxy) is 1. The number of rotatable bonds is 5. The first-order valence-corrected chi connectivity index (χ1v) is 9.85. The molecule has 29 heavy (non-hydrogen) atoms. The number of benzene rings is 1. The van der Waals surface area contributed by atoms with Crippen LogP contribution in [-0.4, -0.2) is 47.2 Å². The monoisotopic (exact) mass is 392 g/mol.